The maximum absolute atomic E-state index is 13.7. The second-order valence-corrected chi connectivity index (χ2v) is 16.5. The van der Waals surface area contributed by atoms with Crippen molar-refractivity contribution in [2.75, 3.05) is 26.2 Å². The Morgan fingerprint density at radius 3 is 2.20 bits per heavy atom. The molecule has 1 aliphatic heterocycles. The molecule has 1 aromatic carbocycles. The maximum Gasteiger partial charge on any atom is 0.410 e. The van der Waals surface area contributed by atoms with Gasteiger partial charge in [-0.3, -0.25) is 0 Å². The summed E-state index contributed by atoms with van der Waals surface area (Å²) < 4.78 is 27.8. The Kier molecular flexibility index (Phi) is 11.0. The molecule has 2 fully saturated rings. The number of halogens is 1. The van der Waals surface area contributed by atoms with Crippen LogP contribution in [0.2, 0.25) is 0 Å². The van der Waals surface area contributed by atoms with Gasteiger partial charge < -0.3 is 33.3 Å². The molecule has 0 spiro atoms. The normalized spacial score (nSPS) is 21.8. The molecule has 11 nitrogen and oxygen atoms in total. The Bertz CT molecular complexity index is 1610. The van der Waals surface area contributed by atoms with Gasteiger partial charge in [-0.25, -0.2) is 19.6 Å². The van der Waals surface area contributed by atoms with Crippen LogP contribution < -0.4 is 0 Å². The summed E-state index contributed by atoms with van der Waals surface area (Å²) in [5.41, 5.74) is 1.58. The van der Waals surface area contributed by atoms with E-state index in [-0.39, 0.29) is 30.3 Å². The number of aromatic nitrogens is 3. The molecule has 49 heavy (non-hydrogen) atoms. The van der Waals surface area contributed by atoms with Gasteiger partial charge in [0.2, 0.25) is 0 Å². The second-order valence-electron chi connectivity index (χ2n) is 15.7. The monoisotopic (exact) mass is 741 g/mol. The van der Waals surface area contributed by atoms with E-state index in [0.29, 0.717) is 45.4 Å². The molecule has 268 valence electrons. The molecule has 1 aliphatic carbocycles. The molecule has 4 atom stereocenters. The van der Waals surface area contributed by atoms with E-state index in [0.717, 1.165) is 26.8 Å². The molecule has 1 saturated carbocycles. The molecule has 0 bridgehead atoms. The van der Waals surface area contributed by atoms with E-state index >= 15 is 0 Å². The van der Waals surface area contributed by atoms with Gasteiger partial charge in [0, 0.05) is 42.8 Å². The highest BCUT2D eigenvalue weighted by atomic mass is 79.9. The summed E-state index contributed by atoms with van der Waals surface area (Å²) in [4.78, 5) is 39.6. The summed E-state index contributed by atoms with van der Waals surface area (Å²) in [6.45, 7) is 18.8. The van der Waals surface area contributed by atoms with E-state index < -0.39 is 23.1 Å². The number of nitrogens with zero attached hydrogens (tertiary/aromatic N) is 5. The van der Waals surface area contributed by atoms with Crippen LogP contribution in [0, 0.1) is 12.8 Å². The highest BCUT2D eigenvalue weighted by Crippen LogP contribution is 2.48. The van der Waals surface area contributed by atoms with E-state index in [2.05, 4.69) is 48.8 Å². The van der Waals surface area contributed by atoms with Crippen LogP contribution >= 0.6 is 15.9 Å². The Morgan fingerprint density at radius 2 is 1.55 bits per heavy atom. The Balaban J connectivity index is 1.35. The summed E-state index contributed by atoms with van der Waals surface area (Å²) in [5.74, 6) is -0.815. The summed E-state index contributed by atoms with van der Waals surface area (Å²) >= 11 is 3.72. The average Bonchev–Trinajstić information content (AvgIpc) is 3.61. The highest BCUT2D eigenvalue weighted by molar-refractivity contribution is 9.10. The van der Waals surface area contributed by atoms with E-state index in [1.807, 2.05) is 80.5 Å². The number of aryl methyl sites for hydroxylation is 1. The fourth-order valence-corrected chi connectivity index (χ4v) is 7.48. The van der Waals surface area contributed by atoms with Gasteiger partial charge in [0.15, 0.2) is 5.79 Å². The van der Waals surface area contributed by atoms with E-state index in [1.165, 1.54) is 0 Å². The number of hydrogen-bond donors (Lipinski definition) is 0. The number of rotatable bonds is 10. The minimum Gasteiger partial charge on any atom is -0.444 e. The molecular formula is C37H52BrN5O6. The lowest BCUT2D eigenvalue weighted by Gasteiger charge is -2.32. The van der Waals surface area contributed by atoms with Crippen molar-refractivity contribution in [2.45, 2.75) is 117 Å². The molecule has 3 aromatic rings. The zero-order valence-electron chi connectivity index (χ0n) is 30.4. The molecule has 1 saturated heterocycles. The molecule has 2 aliphatic rings. The molecule has 2 amide bonds. The topological polar surface area (TPSA) is 108 Å². The van der Waals surface area contributed by atoms with E-state index in [4.69, 9.17) is 18.9 Å². The van der Waals surface area contributed by atoms with Crippen LogP contribution in [0.15, 0.2) is 47.3 Å². The fourth-order valence-electron chi connectivity index (χ4n) is 6.79. The Labute approximate surface area is 298 Å². The first kappa shape index (κ1) is 37.0. The van der Waals surface area contributed by atoms with Crippen molar-refractivity contribution in [2.24, 2.45) is 5.92 Å². The second kappa shape index (κ2) is 14.6. The first-order valence-corrected chi connectivity index (χ1v) is 18.0. The summed E-state index contributed by atoms with van der Waals surface area (Å²) in [6, 6.07) is 10.0. The minimum atomic E-state index is -0.777. The lowest BCUT2D eigenvalue weighted by Crippen LogP contribution is -2.44. The SMILES string of the molecule is Cc1ncnc2c1c(Br)cn2[C@@H]1C[C@H](CN(CCCN(CCc2ccccc2)C(=O)OC(C)(C)C)C(=O)OC(C)(C)C)[C@H]2OC(C)(C)O[C@H]21. The van der Waals surface area contributed by atoms with Crippen molar-refractivity contribution in [3.05, 3.63) is 58.6 Å². The minimum absolute atomic E-state index is 0.0384. The Hall–Kier alpha value is -3.22. The molecular weight excluding hydrogens is 690 g/mol. The first-order chi connectivity index (χ1) is 22.9. The van der Waals surface area contributed by atoms with Gasteiger partial charge in [0.25, 0.3) is 0 Å². The van der Waals surface area contributed by atoms with Crippen LogP contribution in [-0.4, -0.2) is 91.9 Å². The van der Waals surface area contributed by atoms with Gasteiger partial charge in [0.1, 0.15) is 29.3 Å². The fraction of sp³-hybridized carbons (Fsp3) is 0.622. The number of amides is 2. The van der Waals surface area contributed by atoms with Crippen molar-refractivity contribution >= 4 is 39.1 Å². The molecule has 0 unspecified atom stereocenters. The van der Waals surface area contributed by atoms with Crippen LogP contribution in [0.3, 0.4) is 0 Å². The van der Waals surface area contributed by atoms with Gasteiger partial charge in [-0.15, -0.1) is 0 Å². The van der Waals surface area contributed by atoms with Crippen LogP contribution in [0.4, 0.5) is 9.59 Å². The molecule has 0 radical (unpaired) electrons. The summed E-state index contributed by atoms with van der Waals surface area (Å²) in [5, 5.41) is 0.970. The Morgan fingerprint density at radius 1 is 0.939 bits per heavy atom. The zero-order valence-corrected chi connectivity index (χ0v) is 32.0. The van der Waals surface area contributed by atoms with Crippen LogP contribution in [0.1, 0.15) is 85.5 Å². The summed E-state index contributed by atoms with van der Waals surface area (Å²) in [6.07, 6.45) is 4.36. The van der Waals surface area contributed by atoms with Crippen molar-refractivity contribution in [1.82, 2.24) is 24.3 Å². The lowest BCUT2D eigenvalue weighted by molar-refractivity contribution is -0.160. The van der Waals surface area contributed by atoms with Crippen molar-refractivity contribution in [1.29, 1.82) is 0 Å². The highest BCUT2D eigenvalue weighted by Gasteiger charge is 2.55. The van der Waals surface area contributed by atoms with Gasteiger partial charge in [-0.2, -0.15) is 0 Å². The number of carbonyl (C=O) groups is 2. The molecule has 3 heterocycles. The molecule has 5 rings (SSSR count). The third-order valence-electron chi connectivity index (χ3n) is 8.79. The first-order valence-electron chi connectivity index (χ1n) is 17.2. The predicted octanol–water partition coefficient (Wildman–Crippen LogP) is 7.69. The van der Waals surface area contributed by atoms with E-state index in [1.54, 1.807) is 16.1 Å². The van der Waals surface area contributed by atoms with Crippen molar-refractivity contribution in [3.8, 4) is 0 Å². The quantitative estimate of drug-likeness (QED) is 0.208. The third-order valence-corrected chi connectivity index (χ3v) is 9.39. The van der Waals surface area contributed by atoms with Crippen molar-refractivity contribution in [3.63, 3.8) is 0 Å². The summed E-state index contributed by atoms with van der Waals surface area (Å²) in [7, 11) is 0. The van der Waals surface area contributed by atoms with Gasteiger partial charge in [-0.05, 0) is 103 Å². The number of hydrogen-bond acceptors (Lipinski definition) is 8. The number of ether oxygens (including phenoxy) is 4. The molecule has 2 aromatic heterocycles. The standard InChI is InChI=1S/C37H52BrN5O6/c1-24-29-27(38)22-43(32(29)40-23-39-24)28-20-26(30-31(28)47-37(8,9)46-30)21-42(34(45)49-36(5,6)7)18-13-17-41(33(44)48-35(2,3)4)19-16-25-14-11-10-12-15-25/h10-12,14-15,22-23,26,28,30-31H,13,16-21H2,1-9H3/t26-,28-,30-,31+/m1/s1. The molecule has 0 N–H and O–H groups in total. The predicted molar refractivity (Wildman–Crippen MR) is 191 cm³/mol. The smallest absolute Gasteiger partial charge is 0.410 e. The van der Waals surface area contributed by atoms with Gasteiger partial charge >= 0.3 is 12.2 Å². The third kappa shape index (κ3) is 9.32. The van der Waals surface area contributed by atoms with E-state index in [9.17, 15) is 9.59 Å². The maximum atomic E-state index is 13.7. The number of benzene rings is 1. The lowest BCUT2D eigenvalue weighted by atomic mass is 10.0. The molecule has 12 heteroatoms. The van der Waals surface area contributed by atoms with Gasteiger partial charge in [0.05, 0.1) is 23.2 Å². The van der Waals surface area contributed by atoms with Crippen LogP contribution in [0.25, 0.3) is 11.0 Å². The number of carbonyl (C=O) groups excluding carboxylic acids is 2. The van der Waals surface area contributed by atoms with Crippen molar-refractivity contribution < 1.29 is 28.5 Å². The average molecular weight is 743 g/mol. The van der Waals surface area contributed by atoms with Crippen LogP contribution in [0.5, 0.6) is 0 Å². The number of fused-ring (bicyclic) bond motifs is 2. The zero-order chi connectivity index (χ0) is 35.7. The van der Waals surface area contributed by atoms with Crippen LogP contribution in [-0.2, 0) is 25.4 Å². The largest absolute Gasteiger partial charge is 0.444 e. The van der Waals surface area contributed by atoms with Gasteiger partial charge in [-0.1, -0.05) is 30.3 Å².